The molecule has 0 atom stereocenters. The number of carboxylic acids is 1. The highest BCUT2D eigenvalue weighted by atomic mass is 16.5. The molecule has 2 aromatic carbocycles. The fourth-order valence-corrected chi connectivity index (χ4v) is 4.00. The van der Waals surface area contributed by atoms with Gasteiger partial charge in [-0.15, -0.1) is 0 Å². The van der Waals surface area contributed by atoms with Crippen LogP contribution in [0.5, 0.6) is 5.75 Å². The summed E-state index contributed by atoms with van der Waals surface area (Å²) in [5, 5.41) is 8.85. The number of pyridine rings is 2. The summed E-state index contributed by atoms with van der Waals surface area (Å²) in [6.07, 6.45) is 3.81. The van der Waals surface area contributed by atoms with Gasteiger partial charge in [0, 0.05) is 72.3 Å². The lowest BCUT2D eigenvalue weighted by Gasteiger charge is -2.25. The number of carbonyl (C=O) groups is 2. The van der Waals surface area contributed by atoms with Gasteiger partial charge in [-0.05, 0) is 55.2 Å². The van der Waals surface area contributed by atoms with Crippen molar-refractivity contribution in [2.75, 3.05) is 13.1 Å². The number of unbranched alkanes of at least 4 members (excludes halogenated alkanes) is 2. The van der Waals surface area contributed by atoms with Crippen LogP contribution >= 0.6 is 0 Å². The highest BCUT2D eigenvalue weighted by Gasteiger charge is 2.21. The molecule has 0 saturated carbocycles. The van der Waals surface area contributed by atoms with E-state index in [4.69, 9.17) is 15.3 Å². The van der Waals surface area contributed by atoms with Gasteiger partial charge < -0.3 is 14.7 Å². The number of carboxylic acid groups (broad SMARTS) is 1. The van der Waals surface area contributed by atoms with Crippen LogP contribution in [-0.2, 0) is 17.7 Å². The smallest absolute Gasteiger partial charge is 0.303 e. The molecule has 0 unspecified atom stereocenters. The van der Waals surface area contributed by atoms with E-state index in [1.54, 1.807) is 85.2 Å². The van der Waals surface area contributed by atoms with Crippen molar-refractivity contribution in [3.63, 3.8) is 0 Å². The number of hydrogen-bond acceptors (Lipinski definition) is 5. The third kappa shape index (κ3) is 8.23. The lowest BCUT2D eigenvalue weighted by molar-refractivity contribution is -0.137. The van der Waals surface area contributed by atoms with Crippen molar-refractivity contribution < 1.29 is 24.9 Å². The molecular formula is C32H33N3O4. The molecular weight excluding hydrogens is 490 g/mol. The summed E-state index contributed by atoms with van der Waals surface area (Å²) in [6.45, 7) is -2.85. The third-order valence-corrected chi connectivity index (χ3v) is 5.95. The number of aliphatic carboxylic acids is 1. The van der Waals surface area contributed by atoms with Crippen LogP contribution in [0.4, 0.5) is 0 Å². The summed E-state index contributed by atoms with van der Waals surface area (Å²) in [4.78, 5) is 34.3. The van der Waals surface area contributed by atoms with Gasteiger partial charge in [-0.1, -0.05) is 48.5 Å². The number of carbonyl (C=O) groups excluding carboxylic acids is 1. The topological polar surface area (TPSA) is 92.6 Å². The molecule has 39 heavy (non-hydrogen) atoms. The average Bonchev–Trinajstić information content (AvgIpc) is 3.02. The molecule has 2 heterocycles. The van der Waals surface area contributed by atoms with Gasteiger partial charge in [0.15, 0.2) is 0 Å². The minimum atomic E-state index is -2.86. The molecule has 0 saturated heterocycles. The first kappa shape index (κ1) is 22.5. The molecule has 4 aromatic rings. The Morgan fingerprint density at radius 1 is 0.897 bits per heavy atom. The standard InChI is InChI=1S/C32H33N3O4/c36-31(37)17-2-1-9-22-39-30-16-6-3-11-26(30)24-35(21-18-27-13-7-8-20-34-27)32(38)29-15-5-4-14-28(29)25-12-10-19-33-23-25/h3-8,10-16,19-20,23H,1-2,9,17-18,21-22,24H2,(H,36,37)/i18D2,21D2. The van der Waals surface area contributed by atoms with E-state index in [1.807, 2.05) is 0 Å². The van der Waals surface area contributed by atoms with Crippen LogP contribution in [0.3, 0.4) is 0 Å². The fourth-order valence-electron chi connectivity index (χ4n) is 4.00. The van der Waals surface area contributed by atoms with E-state index in [1.165, 1.54) is 12.3 Å². The van der Waals surface area contributed by atoms with Crippen LogP contribution < -0.4 is 4.74 Å². The molecule has 200 valence electrons. The van der Waals surface area contributed by atoms with Crippen LogP contribution in [-0.4, -0.2) is 45.0 Å². The van der Waals surface area contributed by atoms with Gasteiger partial charge in [-0.25, -0.2) is 0 Å². The minimum Gasteiger partial charge on any atom is -0.493 e. The molecule has 0 radical (unpaired) electrons. The predicted octanol–water partition coefficient (Wildman–Crippen LogP) is 6.05. The first-order chi connectivity index (χ1) is 20.6. The number of rotatable bonds is 14. The van der Waals surface area contributed by atoms with Crippen LogP contribution in [0.15, 0.2) is 97.5 Å². The molecule has 2 aromatic heterocycles. The highest BCUT2D eigenvalue weighted by molar-refractivity contribution is 6.00. The second-order valence-corrected chi connectivity index (χ2v) is 8.79. The Labute approximate surface area is 234 Å². The SMILES string of the molecule is [2H]C([2H])(c1ccccn1)C([2H])([2H])N(Cc1ccccc1OCCCCCC(=O)O)C(=O)c1ccccc1-c1cccnc1. The van der Waals surface area contributed by atoms with Gasteiger partial charge >= 0.3 is 5.97 Å². The number of amides is 1. The van der Waals surface area contributed by atoms with Crippen molar-refractivity contribution in [3.05, 3.63) is 114 Å². The van der Waals surface area contributed by atoms with E-state index >= 15 is 0 Å². The number of para-hydroxylation sites is 1. The Bertz CT molecular complexity index is 1520. The molecule has 4 rings (SSSR count). The van der Waals surface area contributed by atoms with Crippen molar-refractivity contribution in [1.29, 1.82) is 0 Å². The molecule has 0 spiro atoms. The molecule has 0 aliphatic rings. The number of nitrogens with zero attached hydrogens (tertiary/aromatic N) is 3. The van der Waals surface area contributed by atoms with Gasteiger partial charge in [-0.3, -0.25) is 19.6 Å². The Balaban J connectivity index is 1.71. The first-order valence-corrected chi connectivity index (χ1v) is 12.8. The van der Waals surface area contributed by atoms with E-state index in [2.05, 4.69) is 9.97 Å². The zero-order chi connectivity index (χ0) is 30.9. The summed E-state index contributed by atoms with van der Waals surface area (Å²) >= 11 is 0. The molecule has 1 N–H and O–H groups in total. The monoisotopic (exact) mass is 527 g/mol. The van der Waals surface area contributed by atoms with Crippen molar-refractivity contribution in [2.45, 2.75) is 38.6 Å². The summed E-state index contributed by atoms with van der Waals surface area (Å²) in [5.41, 5.74) is 1.72. The van der Waals surface area contributed by atoms with Crippen LogP contribution in [0.25, 0.3) is 11.1 Å². The van der Waals surface area contributed by atoms with Crippen molar-refractivity contribution in [1.82, 2.24) is 14.9 Å². The normalized spacial score (nSPS) is 12.9. The zero-order valence-corrected chi connectivity index (χ0v) is 21.5. The van der Waals surface area contributed by atoms with E-state index in [9.17, 15) is 9.59 Å². The maximum atomic E-state index is 14.4. The highest BCUT2D eigenvalue weighted by Crippen LogP contribution is 2.26. The Hall–Kier alpha value is -4.52. The van der Waals surface area contributed by atoms with Crippen molar-refractivity contribution in [2.24, 2.45) is 0 Å². The Morgan fingerprint density at radius 3 is 2.51 bits per heavy atom. The average molecular weight is 528 g/mol. The van der Waals surface area contributed by atoms with Gasteiger partial charge in [-0.2, -0.15) is 0 Å². The van der Waals surface area contributed by atoms with Crippen molar-refractivity contribution in [3.8, 4) is 16.9 Å². The first-order valence-electron chi connectivity index (χ1n) is 14.8. The van der Waals surface area contributed by atoms with Crippen LogP contribution in [0, 0.1) is 0 Å². The van der Waals surface area contributed by atoms with Gasteiger partial charge in [0.2, 0.25) is 0 Å². The van der Waals surface area contributed by atoms with Gasteiger partial charge in [0.25, 0.3) is 5.91 Å². The number of ether oxygens (including phenoxy) is 1. The lowest BCUT2D eigenvalue weighted by atomic mass is 9.99. The molecule has 7 nitrogen and oxygen atoms in total. The molecule has 0 bridgehead atoms. The minimum absolute atomic E-state index is 0.0849. The summed E-state index contributed by atoms with van der Waals surface area (Å²) in [7, 11) is 0. The lowest BCUT2D eigenvalue weighted by Crippen LogP contribution is -2.33. The molecule has 0 fully saturated rings. The van der Waals surface area contributed by atoms with E-state index in [0.717, 1.165) is 4.90 Å². The largest absolute Gasteiger partial charge is 0.493 e. The summed E-state index contributed by atoms with van der Waals surface area (Å²) in [5.74, 6) is -1.14. The molecule has 0 aliphatic carbocycles. The molecule has 7 heteroatoms. The predicted molar refractivity (Wildman–Crippen MR) is 150 cm³/mol. The fraction of sp³-hybridized carbons (Fsp3) is 0.250. The van der Waals surface area contributed by atoms with Crippen LogP contribution in [0.1, 0.15) is 52.8 Å². The number of aryl methyl sites for hydroxylation is 1. The molecule has 1 amide bonds. The van der Waals surface area contributed by atoms with Crippen molar-refractivity contribution >= 4 is 11.9 Å². The summed E-state index contributed by atoms with van der Waals surface area (Å²) < 4.78 is 41.9. The number of benzene rings is 2. The quantitative estimate of drug-likeness (QED) is 0.201. The second-order valence-electron chi connectivity index (χ2n) is 8.79. The van der Waals surface area contributed by atoms with E-state index < -0.39 is 24.7 Å². The van der Waals surface area contributed by atoms with Gasteiger partial charge in [0.05, 0.1) is 6.61 Å². The molecule has 0 aliphatic heterocycles. The van der Waals surface area contributed by atoms with E-state index in [-0.39, 0.29) is 24.2 Å². The number of hydrogen-bond donors (Lipinski definition) is 1. The van der Waals surface area contributed by atoms with Gasteiger partial charge in [0.1, 0.15) is 5.75 Å². The zero-order valence-electron chi connectivity index (χ0n) is 25.5. The Kier molecular flexibility index (Phi) is 8.31. The van der Waals surface area contributed by atoms with E-state index in [0.29, 0.717) is 48.3 Å². The number of aromatic nitrogens is 2. The summed E-state index contributed by atoms with van der Waals surface area (Å²) in [6, 6.07) is 21.8. The Morgan fingerprint density at radius 2 is 1.72 bits per heavy atom. The third-order valence-electron chi connectivity index (χ3n) is 5.95. The van der Waals surface area contributed by atoms with Crippen LogP contribution in [0.2, 0.25) is 0 Å². The second kappa shape index (κ2) is 14.4. The maximum Gasteiger partial charge on any atom is 0.303 e. The maximum absolute atomic E-state index is 14.4.